The third kappa shape index (κ3) is 2.00. The van der Waals surface area contributed by atoms with Gasteiger partial charge in [-0.2, -0.15) is 0 Å². The maximum Gasteiger partial charge on any atom is 0.155 e. The van der Waals surface area contributed by atoms with Crippen LogP contribution >= 0.6 is 0 Å². The Bertz CT molecular complexity index is 564. The van der Waals surface area contributed by atoms with E-state index in [2.05, 4.69) is 27.7 Å². The third-order valence-electron chi connectivity index (χ3n) is 8.51. The van der Waals surface area contributed by atoms with E-state index in [1.54, 1.807) is 0 Å². The van der Waals surface area contributed by atoms with Gasteiger partial charge in [-0.05, 0) is 78.6 Å². The van der Waals surface area contributed by atoms with Crippen molar-refractivity contribution in [3.8, 4) is 0 Å². The molecule has 0 bridgehead atoms. The molecule has 23 heavy (non-hydrogen) atoms. The summed E-state index contributed by atoms with van der Waals surface area (Å²) >= 11 is 0. The van der Waals surface area contributed by atoms with Crippen LogP contribution in [0.25, 0.3) is 0 Å². The largest absolute Gasteiger partial charge is 0.393 e. The molecule has 1 N–H and O–H groups in total. The number of carbonyl (C=O) groups excluding carboxylic acids is 1. The smallest absolute Gasteiger partial charge is 0.155 e. The summed E-state index contributed by atoms with van der Waals surface area (Å²) < 4.78 is 0. The van der Waals surface area contributed by atoms with E-state index in [0.29, 0.717) is 29.5 Å². The first-order chi connectivity index (χ1) is 10.8. The Kier molecular flexibility index (Phi) is 3.41. The molecule has 0 spiro atoms. The maximum absolute atomic E-state index is 12.0. The first kappa shape index (κ1) is 15.9. The van der Waals surface area contributed by atoms with Crippen LogP contribution in [0.2, 0.25) is 0 Å². The number of hydrogen-bond acceptors (Lipinski definition) is 2. The number of carbonyl (C=O) groups is 1. The Hall–Kier alpha value is -0.630. The van der Waals surface area contributed by atoms with Crippen LogP contribution in [-0.2, 0) is 4.79 Å². The van der Waals surface area contributed by atoms with Gasteiger partial charge in [0.1, 0.15) is 0 Å². The molecule has 128 valence electrons. The van der Waals surface area contributed by atoms with Crippen LogP contribution < -0.4 is 0 Å². The lowest BCUT2D eigenvalue weighted by Gasteiger charge is -2.62. The summed E-state index contributed by atoms with van der Waals surface area (Å²) in [6.45, 7) is 9.62. The van der Waals surface area contributed by atoms with Crippen molar-refractivity contribution < 1.29 is 9.90 Å². The Balaban J connectivity index is 1.79. The number of ketones is 1. The van der Waals surface area contributed by atoms with Gasteiger partial charge in [0.15, 0.2) is 5.78 Å². The second-order valence-electron chi connectivity index (χ2n) is 9.72. The average Bonchev–Trinajstić information content (AvgIpc) is 2.76. The zero-order chi connectivity index (χ0) is 16.6. The summed E-state index contributed by atoms with van der Waals surface area (Å²) in [6, 6.07) is 0. The highest BCUT2D eigenvalue weighted by atomic mass is 16.3. The molecular formula is C21H32O2. The van der Waals surface area contributed by atoms with Gasteiger partial charge in [-0.1, -0.05) is 33.3 Å². The normalized spacial score (nSPS) is 55.7. The minimum Gasteiger partial charge on any atom is -0.393 e. The van der Waals surface area contributed by atoms with E-state index in [1.807, 2.05) is 6.08 Å². The predicted molar refractivity (Wildman–Crippen MR) is 91.8 cm³/mol. The molecule has 0 aromatic heterocycles. The Morgan fingerprint density at radius 1 is 1.17 bits per heavy atom. The van der Waals surface area contributed by atoms with E-state index in [0.717, 1.165) is 38.0 Å². The maximum atomic E-state index is 12.0. The number of aliphatic hydroxyl groups excluding tert-OH is 1. The van der Waals surface area contributed by atoms with E-state index in [4.69, 9.17) is 0 Å². The molecule has 4 aliphatic rings. The molecule has 0 aromatic carbocycles. The van der Waals surface area contributed by atoms with Crippen molar-refractivity contribution in [3.05, 3.63) is 11.6 Å². The lowest BCUT2D eigenvalue weighted by atomic mass is 9.43. The van der Waals surface area contributed by atoms with Crippen LogP contribution in [0.4, 0.5) is 0 Å². The van der Waals surface area contributed by atoms with E-state index in [-0.39, 0.29) is 16.9 Å². The van der Waals surface area contributed by atoms with Gasteiger partial charge >= 0.3 is 0 Å². The van der Waals surface area contributed by atoms with Crippen LogP contribution in [0.3, 0.4) is 0 Å². The highest BCUT2D eigenvalue weighted by Crippen LogP contribution is 2.67. The Morgan fingerprint density at radius 3 is 2.65 bits per heavy atom. The minimum absolute atomic E-state index is 0.110. The van der Waals surface area contributed by atoms with E-state index in [1.165, 1.54) is 12.0 Å². The van der Waals surface area contributed by atoms with Crippen molar-refractivity contribution in [2.75, 3.05) is 0 Å². The van der Waals surface area contributed by atoms with E-state index < -0.39 is 0 Å². The molecule has 0 aromatic rings. The van der Waals surface area contributed by atoms with Crippen LogP contribution in [0, 0.1) is 40.4 Å². The quantitative estimate of drug-likeness (QED) is 0.720. The Labute approximate surface area is 140 Å². The summed E-state index contributed by atoms with van der Waals surface area (Å²) in [5, 5.41) is 10.7. The van der Waals surface area contributed by atoms with Crippen LogP contribution in [0.5, 0.6) is 0 Å². The molecule has 8 atom stereocenters. The number of aliphatic hydroxyl groups is 1. The monoisotopic (exact) mass is 316 g/mol. The fourth-order valence-corrected chi connectivity index (χ4v) is 7.55. The van der Waals surface area contributed by atoms with E-state index >= 15 is 0 Å². The molecule has 2 nitrogen and oxygen atoms in total. The molecule has 5 unspecified atom stereocenters. The molecule has 3 fully saturated rings. The second-order valence-corrected chi connectivity index (χ2v) is 9.72. The van der Waals surface area contributed by atoms with Crippen molar-refractivity contribution in [1.82, 2.24) is 0 Å². The highest BCUT2D eigenvalue weighted by Gasteiger charge is 2.62. The molecule has 2 heteroatoms. The van der Waals surface area contributed by atoms with Gasteiger partial charge in [-0.25, -0.2) is 0 Å². The van der Waals surface area contributed by atoms with Crippen LogP contribution in [0.1, 0.15) is 66.2 Å². The fraction of sp³-hybridized carbons (Fsp3) is 0.857. The van der Waals surface area contributed by atoms with Gasteiger partial charge in [0.05, 0.1) is 6.10 Å². The van der Waals surface area contributed by atoms with Crippen molar-refractivity contribution in [2.24, 2.45) is 40.4 Å². The highest BCUT2D eigenvalue weighted by molar-refractivity contribution is 5.91. The first-order valence-corrected chi connectivity index (χ1v) is 9.69. The molecule has 0 saturated heterocycles. The van der Waals surface area contributed by atoms with Gasteiger partial charge < -0.3 is 5.11 Å². The van der Waals surface area contributed by atoms with Gasteiger partial charge in [0, 0.05) is 6.42 Å². The van der Waals surface area contributed by atoms with Gasteiger partial charge in [-0.15, -0.1) is 0 Å². The van der Waals surface area contributed by atoms with Crippen molar-refractivity contribution in [3.63, 3.8) is 0 Å². The number of hydrogen-bond donors (Lipinski definition) is 1. The lowest BCUT2D eigenvalue weighted by molar-refractivity contribution is -0.128. The lowest BCUT2D eigenvalue weighted by Crippen LogP contribution is -2.56. The molecule has 0 heterocycles. The zero-order valence-electron chi connectivity index (χ0n) is 15.1. The minimum atomic E-state index is -0.110. The summed E-state index contributed by atoms with van der Waals surface area (Å²) in [6.07, 6.45) is 8.10. The zero-order valence-corrected chi connectivity index (χ0v) is 15.1. The summed E-state index contributed by atoms with van der Waals surface area (Å²) in [5.74, 6) is 3.70. The molecule has 0 aliphatic heterocycles. The van der Waals surface area contributed by atoms with Gasteiger partial charge in [0.2, 0.25) is 0 Å². The fourth-order valence-electron chi connectivity index (χ4n) is 7.55. The number of fused-ring (bicyclic) bond motifs is 5. The molecule has 0 amide bonds. The van der Waals surface area contributed by atoms with Crippen LogP contribution in [-0.4, -0.2) is 17.0 Å². The first-order valence-electron chi connectivity index (χ1n) is 9.69. The van der Waals surface area contributed by atoms with Crippen LogP contribution in [0.15, 0.2) is 11.6 Å². The molecule has 0 radical (unpaired) electrons. The predicted octanol–water partition coefficient (Wildman–Crippen LogP) is 4.37. The molecule has 3 saturated carbocycles. The average molecular weight is 316 g/mol. The Morgan fingerprint density at radius 2 is 1.91 bits per heavy atom. The standard InChI is InChI=1S/C21H32O2/c1-12-9-14-10-15(22)7-8-20(14,3)19-13(2)11-21(4)16(18(12)19)5-6-17(21)23/h10,12-13,16-19,23H,5-9,11H2,1-4H3/t12?,13?,16?,17-,18?,19?,20-,21-/m0/s1. The molecule has 4 aliphatic carbocycles. The number of rotatable bonds is 0. The van der Waals surface area contributed by atoms with E-state index in [9.17, 15) is 9.90 Å². The number of allylic oxidation sites excluding steroid dienone is 1. The third-order valence-corrected chi connectivity index (χ3v) is 8.51. The molecular weight excluding hydrogens is 284 g/mol. The SMILES string of the molecule is CC1CC2=CC(=O)CC[C@]2(C)C2C(C)C[C@@]3(C)C(CC[C@@H]3O)C12. The topological polar surface area (TPSA) is 37.3 Å². The summed E-state index contributed by atoms with van der Waals surface area (Å²) in [5.41, 5.74) is 1.78. The molecule has 4 rings (SSSR count). The summed E-state index contributed by atoms with van der Waals surface area (Å²) in [7, 11) is 0. The summed E-state index contributed by atoms with van der Waals surface area (Å²) in [4.78, 5) is 12.0. The van der Waals surface area contributed by atoms with Crippen molar-refractivity contribution in [2.45, 2.75) is 72.3 Å². The van der Waals surface area contributed by atoms with Gasteiger partial charge in [0.25, 0.3) is 0 Å². The van der Waals surface area contributed by atoms with Gasteiger partial charge in [-0.3, -0.25) is 4.79 Å². The van der Waals surface area contributed by atoms with Crippen molar-refractivity contribution in [1.29, 1.82) is 0 Å². The second kappa shape index (κ2) is 4.94. The van der Waals surface area contributed by atoms with Crippen molar-refractivity contribution >= 4 is 5.78 Å².